The molecule has 1 unspecified atom stereocenters. The molecule has 1 aliphatic rings. The van der Waals surface area contributed by atoms with Crippen LogP contribution in [0.5, 0.6) is 0 Å². The van der Waals surface area contributed by atoms with Crippen LogP contribution in [0.15, 0.2) is 24.3 Å². The van der Waals surface area contributed by atoms with E-state index < -0.39 is 0 Å². The molecule has 3 nitrogen and oxygen atoms in total. The quantitative estimate of drug-likeness (QED) is 0.843. The second-order valence-electron chi connectivity index (χ2n) is 4.45. The van der Waals surface area contributed by atoms with E-state index in [-0.39, 0.29) is 12.0 Å². The first-order chi connectivity index (χ1) is 8.72. The van der Waals surface area contributed by atoms with Crippen molar-refractivity contribution in [1.82, 2.24) is 4.90 Å². The molecule has 1 aliphatic heterocycles. The maximum atomic E-state index is 12.4. The third-order valence-corrected chi connectivity index (χ3v) is 3.50. The van der Waals surface area contributed by atoms with E-state index in [4.69, 9.17) is 16.3 Å². The topological polar surface area (TPSA) is 29.5 Å². The minimum atomic E-state index is 0.00463. The predicted molar refractivity (Wildman–Crippen MR) is 72.0 cm³/mol. The number of hydrogen-bond donors (Lipinski definition) is 0. The lowest BCUT2D eigenvalue weighted by molar-refractivity contribution is 0.00725. The average Bonchev–Trinajstić information content (AvgIpc) is 2.39. The summed E-state index contributed by atoms with van der Waals surface area (Å²) in [4.78, 5) is 14.2. The zero-order valence-corrected chi connectivity index (χ0v) is 11.3. The monoisotopic (exact) mass is 267 g/mol. The molecule has 4 heteroatoms. The number of amides is 1. The van der Waals surface area contributed by atoms with Gasteiger partial charge in [0.2, 0.25) is 0 Å². The summed E-state index contributed by atoms with van der Waals surface area (Å²) < 4.78 is 5.60. The number of carbonyl (C=O) groups excluding carboxylic acids is 1. The second kappa shape index (κ2) is 6.21. The van der Waals surface area contributed by atoms with Crippen molar-refractivity contribution in [3.63, 3.8) is 0 Å². The average molecular weight is 268 g/mol. The zero-order chi connectivity index (χ0) is 13.0. The third kappa shape index (κ3) is 3.03. The third-order valence-electron chi connectivity index (χ3n) is 3.17. The van der Waals surface area contributed by atoms with Gasteiger partial charge >= 0.3 is 0 Å². The molecule has 2 rings (SSSR count). The van der Waals surface area contributed by atoms with Crippen molar-refractivity contribution in [2.75, 3.05) is 19.7 Å². The Labute approximate surface area is 113 Å². The summed E-state index contributed by atoms with van der Waals surface area (Å²) >= 11 is 6.06. The Morgan fingerprint density at radius 3 is 3.00 bits per heavy atom. The summed E-state index contributed by atoms with van der Waals surface area (Å²) in [6, 6.07) is 7.19. The van der Waals surface area contributed by atoms with Crippen LogP contribution in [0.3, 0.4) is 0 Å². The van der Waals surface area contributed by atoms with Crippen LogP contribution in [0, 0.1) is 0 Å². The molecule has 0 spiro atoms. The molecule has 18 heavy (non-hydrogen) atoms. The molecule has 1 heterocycles. The minimum absolute atomic E-state index is 0.00463. The van der Waals surface area contributed by atoms with E-state index in [9.17, 15) is 4.79 Å². The van der Waals surface area contributed by atoms with Crippen LogP contribution in [0.2, 0.25) is 5.02 Å². The van der Waals surface area contributed by atoms with Gasteiger partial charge in [-0.15, -0.1) is 0 Å². The first-order valence-corrected chi connectivity index (χ1v) is 6.75. The van der Waals surface area contributed by atoms with Crippen molar-refractivity contribution >= 4 is 17.5 Å². The molecule has 98 valence electrons. The number of likely N-dealkylation sites (tertiary alicyclic amines) is 1. The van der Waals surface area contributed by atoms with Crippen molar-refractivity contribution < 1.29 is 9.53 Å². The molecule has 1 aromatic carbocycles. The number of carbonyl (C=O) groups is 1. The first kappa shape index (κ1) is 13.4. The minimum Gasteiger partial charge on any atom is -0.377 e. The van der Waals surface area contributed by atoms with Crippen molar-refractivity contribution in [3.8, 4) is 0 Å². The molecule has 1 aromatic rings. The van der Waals surface area contributed by atoms with Gasteiger partial charge in [-0.05, 0) is 31.9 Å². The fourth-order valence-corrected chi connectivity index (χ4v) is 2.52. The van der Waals surface area contributed by atoms with E-state index in [2.05, 4.69) is 0 Å². The van der Waals surface area contributed by atoms with Gasteiger partial charge in [0.05, 0.1) is 16.7 Å². The zero-order valence-electron chi connectivity index (χ0n) is 10.6. The summed E-state index contributed by atoms with van der Waals surface area (Å²) in [6.45, 7) is 4.12. The Hall–Kier alpha value is -1.06. The van der Waals surface area contributed by atoms with E-state index in [1.165, 1.54) is 0 Å². The van der Waals surface area contributed by atoms with E-state index in [0.717, 1.165) is 19.4 Å². The molecule has 0 aliphatic carbocycles. The SMILES string of the molecule is CCOC1CCCN(C(=O)c2ccccc2Cl)C1. The van der Waals surface area contributed by atoms with Crippen LogP contribution < -0.4 is 0 Å². The lowest BCUT2D eigenvalue weighted by Gasteiger charge is -2.32. The Morgan fingerprint density at radius 2 is 2.28 bits per heavy atom. The predicted octanol–water partition coefficient (Wildman–Crippen LogP) is 2.98. The highest BCUT2D eigenvalue weighted by Crippen LogP contribution is 2.20. The molecular weight excluding hydrogens is 250 g/mol. The fourth-order valence-electron chi connectivity index (χ4n) is 2.30. The molecule has 1 saturated heterocycles. The Morgan fingerprint density at radius 1 is 1.50 bits per heavy atom. The van der Waals surface area contributed by atoms with Crippen molar-refractivity contribution in [2.45, 2.75) is 25.9 Å². The fraction of sp³-hybridized carbons (Fsp3) is 0.500. The number of rotatable bonds is 3. The van der Waals surface area contributed by atoms with Crippen molar-refractivity contribution in [3.05, 3.63) is 34.9 Å². The van der Waals surface area contributed by atoms with Crippen LogP contribution in [0.25, 0.3) is 0 Å². The normalized spacial score (nSPS) is 19.9. The van der Waals surface area contributed by atoms with Gasteiger partial charge in [0.1, 0.15) is 0 Å². The molecule has 1 fully saturated rings. The Bertz CT molecular complexity index is 420. The summed E-state index contributed by atoms with van der Waals surface area (Å²) in [5.74, 6) is 0.00463. The molecule has 0 aromatic heterocycles. The molecule has 0 bridgehead atoms. The van der Waals surface area contributed by atoms with Gasteiger partial charge in [-0.2, -0.15) is 0 Å². The molecular formula is C14H18ClNO2. The molecule has 1 atom stereocenters. The first-order valence-electron chi connectivity index (χ1n) is 6.37. The van der Waals surface area contributed by atoms with Gasteiger partial charge in [-0.3, -0.25) is 4.79 Å². The number of halogens is 1. The van der Waals surface area contributed by atoms with E-state index >= 15 is 0 Å². The van der Waals surface area contributed by atoms with E-state index in [1.54, 1.807) is 12.1 Å². The van der Waals surface area contributed by atoms with Crippen LogP contribution in [0.4, 0.5) is 0 Å². The highest BCUT2D eigenvalue weighted by molar-refractivity contribution is 6.33. The van der Waals surface area contributed by atoms with Crippen LogP contribution in [-0.4, -0.2) is 36.6 Å². The molecule has 0 saturated carbocycles. The summed E-state index contributed by atoms with van der Waals surface area (Å²) in [7, 11) is 0. The summed E-state index contributed by atoms with van der Waals surface area (Å²) in [6.07, 6.45) is 2.18. The van der Waals surface area contributed by atoms with Gasteiger partial charge in [-0.1, -0.05) is 23.7 Å². The lowest BCUT2D eigenvalue weighted by atomic mass is 10.1. The van der Waals surface area contributed by atoms with Gasteiger partial charge in [0.15, 0.2) is 0 Å². The summed E-state index contributed by atoms with van der Waals surface area (Å²) in [5.41, 5.74) is 0.580. The lowest BCUT2D eigenvalue weighted by Crippen LogP contribution is -2.43. The van der Waals surface area contributed by atoms with E-state index in [1.807, 2.05) is 24.0 Å². The number of benzene rings is 1. The maximum Gasteiger partial charge on any atom is 0.255 e. The van der Waals surface area contributed by atoms with Crippen molar-refractivity contribution in [1.29, 1.82) is 0 Å². The second-order valence-corrected chi connectivity index (χ2v) is 4.86. The largest absolute Gasteiger partial charge is 0.377 e. The molecule has 1 amide bonds. The van der Waals surface area contributed by atoms with Gasteiger partial charge in [0.25, 0.3) is 5.91 Å². The molecule has 0 N–H and O–H groups in total. The van der Waals surface area contributed by atoms with Crippen LogP contribution >= 0.6 is 11.6 Å². The molecule has 0 radical (unpaired) electrons. The van der Waals surface area contributed by atoms with E-state index in [0.29, 0.717) is 23.7 Å². The van der Waals surface area contributed by atoms with Gasteiger partial charge in [0, 0.05) is 19.7 Å². The van der Waals surface area contributed by atoms with Gasteiger partial charge in [-0.25, -0.2) is 0 Å². The summed E-state index contributed by atoms with van der Waals surface area (Å²) in [5, 5.41) is 0.515. The number of hydrogen-bond acceptors (Lipinski definition) is 2. The van der Waals surface area contributed by atoms with Crippen molar-refractivity contribution in [2.24, 2.45) is 0 Å². The van der Waals surface area contributed by atoms with Crippen LogP contribution in [0.1, 0.15) is 30.1 Å². The Kier molecular flexibility index (Phi) is 4.61. The highest BCUT2D eigenvalue weighted by Gasteiger charge is 2.25. The Balaban J connectivity index is 2.07. The van der Waals surface area contributed by atoms with Gasteiger partial charge < -0.3 is 9.64 Å². The highest BCUT2D eigenvalue weighted by atomic mass is 35.5. The number of nitrogens with zero attached hydrogens (tertiary/aromatic N) is 1. The van der Waals surface area contributed by atoms with Crippen LogP contribution in [-0.2, 0) is 4.74 Å². The smallest absolute Gasteiger partial charge is 0.255 e. The number of piperidine rings is 1. The number of ether oxygens (including phenoxy) is 1. The standard InChI is InChI=1S/C14H18ClNO2/c1-2-18-11-6-5-9-16(10-11)14(17)12-7-3-4-8-13(12)15/h3-4,7-8,11H,2,5-6,9-10H2,1H3. The maximum absolute atomic E-state index is 12.4.